The molecule has 0 saturated heterocycles. The maximum atomic E-state index is 12.8. The van der Waals surface area contributed by atoms with Gasteiger partial charge in [-0.2, -0.15) is 0 Å². The fourth-order valence-electron chi connectivity index (χ4n) is 2.66. The molecule has 24 heavy (non-hydrogen) atoms. The van der Waals surface area contributed by atoms with Crippen LogP contribution in [0.15, 0.2) is 55.3 Å². The average molecular weight is 320 g/mol. The fourth-order valence-corrected chi connectivity index (χ4v) is 2.66. The van der Waals surface area contributed by atoms with Gasteiger partial charge in [0.15, 0.2) is 5.65 Å². The monoisotopic (exact) mass is 320 g/mol. The lowest BCUT2D eigenvalue weighted by molar-refractivity contribution is 0.0775. The lowest BCUT2D eigenvalue weighted by Crippen LogP contribution is -2.33. The smallest absolute Gasteiger partial charge is 0.255 e. The molecule has 0 unspecified atom stereocenters. The van der Waals surface area contributed by atoms with E-state index in [0.717, 1.165) is 17.8 Å². The Morgan fingerprint density at radius 1 is 1.33 bits per heavy atom. The van der Waals surface area contributed by atoms with Crippen molar-refractivity contribution in [3.63, 3.8) is 0 Å². The number of nitrogens with zero attached hydrogens (tertiary/aromatic N) is 3. The molecule has 0 spiro atoms. The van der Waals surface area contributed by atoms with Crippen molar-refractivity contribution in [1.82, 2.24) is 19.9 Å². The van der Waals surface area contributed by atoms with Crippen molar-refractivity contribution < 1.29 is 4.79 Å². The maximum Gasteiger partial charge on any atom is 0.255 e. The van der Waals surface area contributed by atoms with Crippen LogP contribution >= 0.6 is 0 Å². The quantitative estimate of drug-likeness (QED) is 0.710. The van der Waals surface area contributed by atoms with Gasteiger partial charge in [0, 0.05) is 19.3 Å². The molecule has 0 radical (unpaired) electrons. The first-order valence-electron chi connectivity index (χ1n) is 7.94. The summed E-state index contributed by atoms with van der Waals surface area (Å²) >= 11 is 0. The van der Waals surface area contributed by atoms with Crippen molar-refractivity contribution in [2.75, 3.05) is 13.1 Å². The third-order valence-corrected chi connectivity index (χ3v) is 3.85. The Balaban J connectivity index is 1.78. The summed E-state index contributed by atoms with van der Waals surface area (Å²) in [5.41, 5.74) is 3.17. The highest BCUT2D eigenvalue weighted by molar-refractivity contribution is 5.96. The number of amides is 1. The van der Waals surface area contributed by atoms with Gasteiger partial charge in [-0.1, -0.05) is 36.4 Å². The summed E-state index contributed by atoms with van der Waals surface area (Å²) in [7, 11) is 0. The van der Waals surface area contributed by atoms with E-state index in [2.05, 4.69) is 33.7 Å². The van der Waals surface area contributed by atoms with E-state index in [9.17, 15) is 4.79 Å². The third-order valence-electron chi connectivity index (χ3n) is 3.85. The highest BCUT2D eigenvalue weighted by atomic mass is 16.2. The Bertz CT molecular complexity index is 854. The minimum atomic E-state index is -0.0486. The van der Waals surface area contributed by atoms with Crippen molar-refractivity contribution in [3.8, 4) is 0 Å². The second-order valence-electron chi connectivity index (χ2n) is 5.69. The lowest BCUT2D eigenvalue weighted by Gasteiger charge is -2.21. The van der Waals surface area contributed by atoms with Crippen LogP contribution in [0.1, 0.15) is 21.7 Å². The Morgan fingerprint density at radius 2 is 2.12 bits per heavy atom. The summed E-state index contributed by atoms with van der Waals surface area (Å²) in [6.07, 6.45) is 4.14. The summed E-state index contributed by atoms with van der Waals surface area (Å²) in [5.74, 6) is 0.738. The van der Waals surface area contributed by atoms with E-state index in [4.69, 9.17) is 0 Å². The Kier molecular flexibility index (Phi) is 4.70. The molecule has 5 heteroatoms. The first-order chi connectivity index (χ1) is 11.7. The number of nitrogens with one attached hydrogen (secondary N) is 1. The van der Waals surface area contributed by atoms with Gasteiger partial charge in [0.05, 0.1) is 11.1 Å². The van der Waals surface area contributed by atoms with Crippen LogP contribution in [0.4, 0.5) is 0 Å². The molecule has 0 bridgehead atoms. The Morgan fingerprint density at radius 3 is 2.88 bits per heavy atom. The number of rotatable bonds is 6. The van der Waals surface area contributed by atoms with E-state index < -0.39 is 0 Å². The summed E-state index contributed by atoms with van der Waals surface area (Å²) in [6, 6.07) is 11.9. The van der Waals surface area contributed by atoms with Gasteiger partial charge < -0.3 is 9.88 Å². The van der Waals surface area contributed by atoms with Gasteiger partial charge in [-0.15, -0.1) is 6.58 Å². The van der Waals surface area contributed by atoms with E-state index in [1.807, 2.05) is 31.2 Å². The molecule has 0 aliphatic heterocycles. The van der Waals surface area contributed by atoms with Gasteiger partial charge in [-0.3, -0.25) is 4.79 Å². The number of fused-ring (bicyclic) bond motifs is 1. The van der Waals surface area contributed by atoms with Crippen molar-refractivity contribution in [3.05, 3.63) is 72.2 Å². The molecule has 1 N–H and O–H groups in total. The molecule has 5 nitrogen and oxygen atoms in total. The van der Waals surface area contributed by atoms with Crippen LogP contribution in [-0.4, -0.2) is 38.8 Å². The molecule has 0 aliphatic carbocycles. The summed E-state index contributed by atoms with van der Waals surface area (Å²) < 4.78 is 0. The summed E-state index contributed by atoms with van der Waals surface area (Å²) in [5, 5.41) is 0. The van der Waals surface area contributed by atoms with E-state index in [0.29, 0.717) is 24.3 Å². The van der Waals surface area contributed by atoms with Crippen molar-refractivity contribution >= 4 is 17.1 Å². The predicted molar refractivity (Wildman–Crippen MR) is 94.9 cm³/mol. The summed E-state index contributed by atoms with van der Waals surface area (Å²) in [4.78, 5) is 26.2. The SMILES string of the molecule is C=CCN(CCc1ccccc1)C(=O)c1cnc2nc(C)[nH]c2c1. The molecule has 0 fully saturated rings. The fraction of sp³-hybridized carbons (Fsp3) is 0.211. The van der Waals surface area contributed by atoms with E-state index in [1.54, 1.807) is 17.2 Å². The van der Waals surface area contributed by atoms with E-state index >= 15 is 0 Å². The number of carbonyl (C=O) groups excluding carboxylic acids is 1. The molecule has 1 aromatic carbocycles. The van der Waals surface area contributed by atoms with Gasteiger partial charge in [-0.05, 0) is 25.0 Å². The normalized spacial score (nSPS) is 10.7. The van der Waals surface area contributed by atoms with Crippen LogP contribution in [0, 0.1) is 6.92 Å². The third kappa shape index (κ3) is 3.51. The highest BCUT2D eigenvalue weighted by Crippen LogP contribution is 2.13. The van der Waals surface area contributed by atoms with Crippen LogP contribution in [0.25, 0.3) is 11.2 Å². The van der Waals surface area contributed by atoms with E-state index in [-0.39, 0.29) is 5.91 Å². The highest BCUT2D eigenvalue weighted by Gasteiger charge is 2.16. The molecule has 0 saturated carbocycles. The number of hydrogen-bond donors (Lipinski definition) is 1. The Labute approximate surface area is 141 Å². The van der Waals surface area contributed by atoms with Gasteiger partial charge in [-0.25, -0.2) is 9.97 Å². The van der Waals surface area contributed by atoms with Gasteiger partial charge in [0.25, 0.3) is 5.91 Å². The first kappa shape index (κ1) is 15.9. The standard InChI is InChI=1S/C19H20N4O/c1-3-10-23(11-9-15-7-5-4-6-8-15)19(24)16-12-17-18(20-13-16)22-14(2)21-17/h3-8,12-13H,1,9-11H2,2H3,(H,20,21,22). The first-order valence-corrected chi connectivity index (χ1v) is 7.94. The number of aromatic amines is 1. The molecular formula is C19H20N4O. The van der Waals surface area contributed by atoms with Crippen molar-refractivity contribution in [2.24, 2.45) is 0 Å². The van der Waals surface area contributed by atoms with Gasteiger partial charge >= 0.3 is 0 Å². The zero-order valence-corrected chi connectivity index (χ0v) is 13.7. The minimum absolute atomic E-state index is 0.0486. The van der Waals surface area contributed by atoms with Crippen LogP contribution in [-0.2, 0) is 6.42 Å². The molecule has 2 aromatic heterocycles. The van der Waals surface area contributed by atoms with Crippen LogP contribution < -0.4 is 0 Å². The maximum absolute atomic E-state index is 12.8. The Hall–Kier alpha value is -2.95. The van der Waals surface area contributed by atoms with E-state index in [1.165, 1.54) is 5.56 Å². The largest absolute Gasteiger partial charge is 0.341 e. The van der Waals surface area contributed by atoms with Crippen molar-refractivity contribution in [1.29, 1.82) is 0 Å². The number of imidazole rings is 1. The number of hydrogen-bond acceptors (Lipinski definition) is 3. The average Bonchev–Trinajstić information content (AvgIpc) is 2.98. The molecule has 0 atom stereocenters. The van der Waals surface area contributed by atoms with Gasteiger partial charge in [0.2, 0.25) is 0 Å². The number of H-pyrrole nitrogens is 1. The number of carbonyl (C=O) groups is 1. The molecule has 3 rings (SSSR count). The second-order valence-corrected chi connectivity index (χ2v) is 5.69. The van der Waals surface area contributed by atoms with Crippen LogP contribution in [0.5, 0.6) is 0 Å². The zero-order chi connectivity index (χ0) is 16.9. The number of aryl methyl sites for hydroxylation is 1. The van der Waals surface area contributed by atoms with Crippen LogP contribution in [0.2, 0.25) is 0 Å². The number of benzene rings is 1. The summed E-state index contributed by atoms with van der Waals surface area (Å²) in [6.45, 7) is 6.77. The molecule has 0 aliphatic rings. The van der Waals surface area contributed by atoms with Gasteiger partial charge in [0.1, 0.15) is 5.82 Å². The number of pyridine rings is 1. The minimum Gasteiger partial charge on any atom is -0.341 e. The van der Waals surface area contributed by atoms with Crippen LogP contribution in [0.3, 0.4) is 0 Å². The topological polar surface area (TPSA) is 61.9 Å². The second kappa shape index (κ2) is 7.08. The zero-order valence-electron chi connectivity index (χ0n) is 13.7. The molecule has 2 heterocycles. The van der Waals surface area contributed by atoms with Crippen molar-refractivity contribution in [2.45, 2.75) is 13.3 Å². The molecule has 3 aromatic rings. The number of aromatic nitrogens is 3. The molecular weight excluding hydrogens is 300 g/mol. The molecule has 122 valence electrons. The molecule has 1 amide bonds. The predicted octanol–water partition coefficient (Wildman–Crippen LogP) is 3.14. The lowest BCUT2D eigenvalue weighted by atomic mass is 10.1.